The zero-order valence-corrected chi connectivity index (χ0v) is 18.4. The highest BCUT2D eigenvalue weighted by Gasteiger charge is 2.07. The van der Waals surface area contributed by atoms with E-state index in [1.165, 1.54) is 21.9 Å². The van der Waals surface area contributed by atoms with Crippen molar-refractivity contribution in [3.8, 4) is 22.6 Å². The molecule has 5 rings (SSSR count). The minimum Gasteiger partial charge on any atom is -0.646 e. The predicted molar refractivity (Wildman–Crippen MR) is 128 cm³/mol. The zero-order valence-electron chi connectivity index (χ0n) is 17.3. The van der Waals surface area contributed by atoms with E-state index in [1.54, 1.807) is 0 Å². The standard InChI is InChI=1S/C16H12O.C11H10NO.Al/c17-16-9-8-14-10-13(6-7-15(14)11-16)12-4-2-1-3-5-12;1-8-6-7-9-4-3-5-10(13-2)11(9)12-8;/h1-11,17H;3-7H,2H2,1H3;/q;;+1/p-1. The van der Waals surface area contributed by atoms with Crippen molar-refractivity contribution in [1.29, 1.82) is 0 Å². The van der Waals surface area contributed by atoms with E-state index in [4.69, 9.17) is 8.53 Å². The molecule has 0 aliphatic heterocycles. The molecule has 1 heterocycles. The van der Waals surface area contributed by atoms with Gasteiger partial charge in [0.25, 0.3) is 0 Å². The van der Waals surface area contributed by atoms with Gasteiger partial charge >= 0.3 is 15.6 Å². The second-order valence-corrected chi connectivity index (χ2v) is 8.37. The summed E-state index contributed by atoms with van der Waals surface area (Å²) in [4.78, 5) is 4.62. The molecule has 1 aromatic heterocycles. The van der Waals surface area contributed by atoms with Crippen molar-refractivity contribution < 1.29 is 8.53 Å². The van der Waals surface area contributed by atoms with Crippen LogP contribution in [0, 0.1) is 6.92 Å². The lowest BCUT2D eigenvalue weighted by molar-refractivity contribution is 0.372. The largest absolute Gasteiger partial charge is 0.646 e. The fourth-order valence-corrected chi connectivity index (χ4v) is 4.35. The first-order chi connectivity index (χ1) is 15.3. The van der Waals surface area contributed by atoms with E-state index in [2.05, 4.69) is 71.7 Å². The quantitative estimate of drug-likeness (QED) is 0.236. The lowest BCUT2D eigenvalue weighted by Gasteiger charge is -2.11. The molecule has 0 spiro atoms. The van der Waals surface area contributed by atoms with Gasteiger partial charge in [0.05, 0.1) is 11.2 Å². The number of aromatic nitrogens is 1. The molecule has 4 heteroatoms. The molecular weight excluding hydrogens is 397 g/mol. The highest BCUT2D eigenvalue weighted by molar-refractivity contribution is 6.28. The summed E-state index contributed by atoms with van der Waals surface area (Å²) in [5.41, 5.74) is 4.88. The number of nitrogens with zero attached hydrogens (tertiary/aromatic N) is 1. The lowest BCUT2D eigenvalue weighted by atomic mass is 10.0. The number of benzene rings is 4. The van der Waals surface area contributed by atoms with Gasteiger partial charge in [-0.1, -0.05) is 66.7 Å². The van der Waals surface area contributed by atoms with Crippen molar-refractivity contribution in [3.63, 3.8) is 0 Å². The predicted octanol–water partition coefficient (Wildman–Crippen LogP) is 6.40. The minimum atomic E-state index is -0.336. The SMILES string of the molecule is Cc1ccc2cccc(O[CH2][Al][O]c3ccc4cc(-c5ccccc5)ccc4c3)c2n1. The van der Waals surface area contributed by atoms with Crippen molar-refractivity contribution in [3.05, 3.63) is 103 Å². The highest BCUT2D eigenvalue weighted by atomic mass is 27.1. The first-order valence-electron chi connectivity index (χ1n) is 10.3. The first-order valence-corrected chi connectivity index (χ1v) is 11.6. The van der Waals surface area contributed by atoms with Gasteiger partial charge in [0, 0.05) is 11.1 Å². The number of hydrogen-bond donors (Lipinski definition) is 0. The number of ether oxygens (including phenoxy) is 1. The van der Waals surface area contributed by atoms with Crippen LogP contribution >= 0.6 is 0 Å². The summed E-state index contributed by atoms with van der Waals surface area (Å²) >= 11 is -0.336. The van der Waals surface area contributed by atoms with Crippen LogP contribution < -0.4 is 8.53 Å². The Morgan fingerprint density at radius 2 is 1.52 bits per heavy atom. The van der Waals surface area contributed by atoms with Crippen LogP contribution in [-0.2, 0) is 0 Å². The Kier molecular flexibility index (Phi) is 5.58. The topological polar surface area (TPSA) is 31.4 Å². The summed E-state index contributed by atoms with van der Waals surface area (Å²) in [6, 6.07) is 33.3. The molecule has 0 amide bonds. The number of pyridine rings is 1. The summed E-state index contributed by atoms with van der Waals surface area (Å²) in [5, 5.41) is 3.46. The maximum atomic E-state index is 6.02. The van der Waals surface area contributed by atoms with Crippen LogP contribution in [-0.4, -0.2) is 26.0 Å². The smallest absolute Gasteiger partial charge is 0.567 e. The van der Waals surface area contributed by atoms with Crippen LogP contribution in [0.2, 0.25) is 0 Å². The van der Waals surface area contributed by atoms with Crippen molar-refractivity contribution in [1.82, 2.24) is 4.98 Å². The second-order valence-electron chi connectivity index (χ2n) is 7.47. The van der Waals surface area contributed by atoms with Gasteiger partial charge in [-0.15, -0.1) is 0 Å². The van der Waals surface area contributed by atoms with E-state index in [-0.39, 0.29) is 15.6 Å². The molecule has 0 bridgehead atoms. The summed E-state index contributed by atoms with van der Waals surface area (Å²) in [5.74, 6) is 1.69. The average Bonchev–Trinajstić information content (AvgIpc) is 2.82. The van der Waals surface area contributed by atoms with Crippen molar-refractivity contribution >= 4 is 37.2 Å². The van der Waals surface area contributed by atoms with Crippen LogP contribution in [0.3, 0.4) is 0 Å². The zero-order chi connectivity index (χ0) is 21.0. The van der Waals surface area contributed by atoms with Crippen LogP contribution in [0.1, 0.15) is 5.69 Å². The fraction of sp³-hybridized carbons (Fsp3) is 0.0741. The van der Waals surface area contributed by atoms with E-state index >= 15 is 0 Å². The monoisotopic (exact) mass is 418 g/mol. The molecule has 0 aliphatic rings. The summed E-state index contributed by atoms with van der Waals surface area (Å²) < 4.78 is 12.0. The molecule has 0 saturated carbocycles. The van der Waals surface area contributed by atoms with Crippen LogP contribution in [0.15, 0.2) is 97.1 Å². The van der Waals surface area contributed by atoms with Gasteiger partial charge in [-0.05, 0) is 59.2 Å². The van der Waals surface area contributed by atoms with Crippen molar-refractivity contribution in [2.24, 2.45) is 0 Å². The number of hydrogen-bond acceptors (Lipinski definition) is 3. The van der Waals surface area contributed by atoms with E-state index in [9.17, 15) is 0 Å². The molecule has 0 N–H and O–H groups in total. The summed E-state index contributed by atoms with van der Waals surface area (Å²) in [6.07, 6.45) is 0. The highest BCUT2D eigenvalue weighted by Crippen LogP contribution is 2.27. The second kappa shape index (κ2) is 8.82. The number of aryl methyl sites for hydroxylation is 1. The molecule has 0 unspecified atom stereocenters. The van der Waals surface area contributed by atoms with Gasteiger partial charge in [0.15, 0.2) is 0 Å². The molecule has 1 radical (unpaired) electrons. The molecular formula is C27H21AlNO2. The van der Waals surface area contributed by atoms with Gasteiger partial charge in [-0.3, -0.25) is 0 Å². The Hall–Kier alpha value is -3.32. The molecule has 0 fully saturated rings. The molecule has 0 atom stereocenters. The van der Waals surface area contributed by atoms with Crippen molar-refractivity contribution in [2.75, 3.05) is 5.47 Å². The maximum Gasteiger partial charge on any atom is 0.567 e. The number of fused-ring (bicyclic) bond motifs is 2. The van der Waals surface area contributed by atoms with Crippen LogP contribution in [0.5, 0.6) is 11.5 Å². The number of rotatable bonds is 6. The fourth-order valence-electron chi connectivity index (χ4n) is 3.70. The third-order valence-corrected chi connectivity index (χ3v) is 6.01. The van der Waals surface area contributed by atoms with Gasteiger partial charge in [0.1, 0.15) is 11.3 Å². The molecule has 4 aromatic carbocycles. The maximum absolute atomic E-state index is 6.02. The summed E-state index contributed by atoms with van der Waals surface area (Å²) in [7, 11) is 0. The molecule has 3 nitrogen and oxygen atoms in total. The van der Waals surface area contributed by atoms with Gasteiger partial charge in [-0.2, -0.15) is 0 Å². The van der Waals surface area contributed by atoms with E-state index in [0.29, 0.717) is 5.47 Å². The summed E-state index contributed by atoms with van der Waals surface area (Å²) in [6.45, 7) is 1.99. The molecule has 149 valence electrons. The van der Waals surface area contributed by atoms with E-state index < -0.39 is 0 Å². The normalized spacial score (nSPS) is 10.9. The third kappa shape index (κ3) is 4.41. The van der Waals surface area contributed by atoms with Crippen LogP contribution in [0.4, 0.5) is 0 Å². The Labute approximate surface area is 188 Å². The first kappa shape index (κ1) is 19.6. The van der Waals surface area contributed by atoms with E-state index in [0.717, 1.165) is 28.1 Å². The Morgan fingerprint density at radius 3 is 2.42 bits per heavy atom. The lowest BCUT2D eigenvalue weighted by Crippen LogP contribution is -2.13. The Bertz CT molecular complexity index is 1350. The average molecular weight is 418 g/mol. The van der Waals surface area contributed by atoms with E-state index in [1.807, 2.05) is 37.3 Å². The minimum absolute atomic E-state index is 0.336. The van der Waals surface area contributed by atoms with Gasteiger partial charge in [-0.25, -0.2) is 4.98 Å². The Morgan fingerprint density at radius 1 is 0.710 bits per heavy atom. The van der Waals surface area contributed by atoms with Crippen LogP contribution in [0.25, 0.3) is 32.8 Å². The number of para-hydroxylation sites is 1. The third-order valence-electron chi connectivity index (χ3n) is 5.27. The molecule has 0 saturated heterocycles. The van der Waals surface area contributed by atoms with Gasteiger partial charge in [0.2, 0.25) is 0 Å². The molecule has 5 aromatic rings. The Balaban J connectivity index is 1.25. The molecule has 31 heavy (non-hydrogen) atoms. The van der Waals surface area contributed by atoms with Gasteiger partial charge < -0.3 is 8.53 Å². The van der Waals surface area contributed by atoms with Crippen molar-refractivity contribution in [2.45, 2.75) is 6.92 Å². The molecule has 0 aliphatic carbocycles.